The van der Waals surface area contributed by atoms with Gasteiger partial charge < -0.3 is 10.4 Å². The Balaban J connectivity index is 1.88. The SMILES string of the molecule is Cc1ccccc1CS(=O)(=O)CC(O)CNC1CC1. The molecule has 0 heterocycles. The lowest BCUT2D eigenvalue weighted by Crippen LogP contribution is -2.34. The summed E-state index contributed by atoms with van der Waals surface area (Å²) in [7, 11) is -3.27. The predicted molar refractivity (Wildman–Crippen MR) is 75.7 cm³/mol. The number of aryl methyl sites for hydroxylation is 1. The fourth-order valence-corrected chi connectivity index (χ4v) is 3.63. The highest BCUT2D eigenvalue weighted by Crippen LogP contribution is 2.18. The highest BCUT2D eigenvalue weighted by molar-refractivity contribution is 7.90. The molecule has 1 unspecified atom stereocenters. The molecule has 5 heteroatoms. The molecule has 19 heavy (non-hydrogen) atoms. The molecular weight excluding hydrogens is 262 g/mol. The molecule has 0 aliphatic heterocycles. The number of hydrogen-bond donors (Lipinski definition) is 2. The van der Waals surface area contributed by atoms with Gasteiger partial charge in [-0.3, -0.25) is 0 Å². The predicted octanol–water partition coefficient (Wildman–Crippen LogP) is 1.02. The zero-order valence-corrected chi connectivity index (χ0v) is 12.0. The van der Waals surface area contributed by atoms with Gasteiger partial charge in [-0.2, -0.15) is 0 Å². The molecule has 1 saturated carbocycles. The third-order valence-electron chi connectivity index (χ3n) is 3.30. The summed E-state index contributed by atoms with van der Waals surface area (Å²) in [4.78, 5) is 0. The Labute approximate surface area is 114 Å². The normalized spacial score (nSPS) is 17.4. The standard InChI is InChI=1S/C14H21NO3S/c1-11-4-2-3-5-12(11)9-19(17,18)10-14(16)8-15-13-6-7-13/h2-5,13-16H,6-10H2,1H3. The van der Waals surface area contributed by atoms with E-state index in [1.165, 1.54) is 0 Å². The largest absolute Gasteiger partial charge is 0.391 e. The summed E-state index contributed by atoms with van der Waals surface area (Å²) in [5, 5.41) is 12.9. The molecule has 2 N–H and O–H groups in total. The molecule has 106 valence electrons. The Morgan fingerprint density at radius 3 is 2.68 bits per heavy atom. The van der Waals surface area contributed by atoms with Crippen LogP contribution in [0.3, 0.4) is 0 Å². The van der Waals surface area contributed by atoms with Gasteiger partial charge in [-0.15, -0.1) is 0 Å². The summed E-state index contributed by atoms with van der Waals surface area (Å²) in [6, 6.07) is 7.93. The summed E-state index contributed by atoms with van der Waals surface area (Å²) in [5.74, 6) is -0.179. The second kappa shape index (κ2) is 6.03. The van der Waals surface area contributed by atoms with E-state index in [9.17, 15) is 13.5 Å². The first-order valence-electron chi connectivity index (χ1n) is 6.63. The second-order valence-electron chi connectivity index (χ2n) is 5.32. The lowest BCUT2D eigenvalue weighted by molar-refractivity contribution is 0.193. The van der Waals surface area contributed by atoms with E-state index >= 15 is 0 Å². The van der Waals surface area contributed by atoms with Gasteiger partial charge >= 0.3 is 0 Å². The quantitative estimate of drug-likeness (QED) is 0.784. The maximum atomic E-state index is 12.0. The average molecular weight is 283 g/mol. The van der Waals surface area contributed by atoms with E-state index in [-0.39, 0.29) is 11.5 Å². The minimum Gasteiger partial charge on any atom is -0.391 e. The van der Waals surface area contributed by atoms with Crippen LogP contribution in [-0.2, 0) is 15.6 Å². The van der Waals surface area contributed by atoms with Gasteiger partial charge in [0.25, 0.3) is 0 Å². The Hall–Kier alpha value is -0.910. The Bertz CT molecular complexity index is 523. The van der Waals surface area contributed by atoms with Gasteiger partial charge in [0.05, 0.1) is 17.6 Å². The summed E-state index contributed by atoms with van der Waals surface area (Å²) >= 11 is 0. The molecule has 0 saturated heterocycles. The van der Waals surface area contributed by atoms with Crippen LogP contribution in [-0.4, -0.2) is 38.0 Å². The van der Waals surface area contributed by atoms with Crippen molar-refractivity contribution in [3.05, 3.63) is 35.4 Å². The van der Waals surface area contributed by atoms with Gasteiger partial charge in [0.2, 0.25) is 0 Å². The third-order valence-corrected chi connectivity index (χ3v) is 4.95. The van der Waals surface area contributed by atoms with Crippen molar-refractivity contribution in [2.24, 2.45) is 0 Å². The van der Waals surface area contributed by atoms with Crippen molar-refractivity contribution in [2.75, 3.05) is 12.3 Å². The van der Waals surface area contributed by atoms with Crippen molar-refractivity contribution in [2.45, 2.75) is 37.7 Å². The first-order valence-corrected chi connectivity index (χ1v) is 8.45. The number of rotatable bonds is 7. The van der Waals surface area contributed by atoms with Gasteiger partial charge in [0.1, 0.15) is 0 Å². The van der Waals surface area contributed by atoms with Gasteiger partial charge in [-0.25, -0.2) is 8.42 Å². The summed E-state index contributed by atoms with van der Waals surface area (Å²) in [6.07, 6.45) is 1.43. The van der Waals surface area contributed by atoms with E-state index in [1.54, 1.807) is 0 Å². The molecule has 0 bridgehead atoms. The van der Waals surface area contributed by atoms with Crippen molar-refractivity contribution < 1.29 is 13.5 Å². The molecule has 1 aromatic rings. The van der Waals surface area contributed by atoms with Crippen LogP contribution in [0.25, 0.3) is 0 Å². The lowest BCUT2D eigenvalue weighted by atomic mass is 10.1. The summed E-state index contributed by atoms with van der Waals surface area (Å²) < 4.78 is 24.1. The van der Waals surface area contributed by atoms with Gasteiger partial charge in [0.15, 0.2) is 9.84 Å². The minimum atomic E-state index is -3.27. The molecule has 0 amide bonds. The topological polar surface area (TPSA) is 66.4 Å². The van der Waals surface area contributed by atoms with Crippen molar-refractivity contribution >= 4 is 9.84 Å². The number of aliphatic hydroxyl groups excluding tert-OH is 1. The van der Waals surface area contributed by atoms with Crippen LogP contribution in [0.4, 0.5) is 0 Å². The fourth-order valence-electron chi connectivity index (χ4n) is 2.01. The van der Waals surface area contributed by atoms with Crippen LogP contribution >= 0.6 is 0 Å². The molecule has 1 aliphatic carbocycles. The maximum absolute atomic E-state index is 12.0. The van der Waals surface area contributed by atoms with Crippen LogP contribution in [0.2, 0.25) is 0 Å². The zero-order chi connectivity index (χ0) is 13.9. The van der Waals surface area contributed by atoms with Crippen molar-refractivity contribution in [1.29, 1.82) is 0 Å². The van der Waals surface area contributed by atoms with E-state index in [0.717, 1.165) is 24.0 Å². The van der Waals surface area contributed by atoms with Gasteiger partial charge in [0, 0.05) is 12.6 Å². The first-order chi connectivity index (χ1) is 8.96. The Morgan fingerprint density at radius 2 is 2.05 bits per heavy atom. The second-order valence-corrected chi connectivity index (χ2v) is 7.43. The number of nitrogens with one attached hydrogen (secondary N) is 1. The third kappa shape index (κ3) is 4.93. The van der Waals surface area contributed by atoms with Gasteiger partial charge in [-0.05, 0) is 30.9 Å². The van der Waals surface area contributed by atoms with Crippen molar-refractivity contribution in [3.63, 3.8) is 0 Å². The monoisotopic (exact) mass is 283 g/mol. The zero-order valence-electron chi connectivity index (χ0n) is 11.2. The van der Waals surface area contributed by atoms with E-state index in [1.807, 2.05) is 31.2 Å². The van der Waals surface area contributed by atoms with Crippen LogP contribution in [0.5, 0.6) is 0 Å². The highest BCUT2D eigenvalue weighted by Gasteiger charge is 2.23. The molecule has 1 aromatic carbocycles. The smallest absolute Gasteiger partial charge is 0.157 e. The molecule has 1 fully saturated rings. The molecule has 0 spiro atoms. The molecular formula is C14H21NO3S. The molecule has 1 atom stereocenters. The van der Waals surface area contributed by atoms with E-state index < -0.39 is 15.9 Å². The molecule has 0 aromatic heterocycles. The molecule has 2 rings (SSSR count). The molecule has 1 aliphatic rings. The van der Waals surface area contributed by atoms with Crippen LogP contribution in [0.15, 0.2) is 24.3 Å². The van der Waals surface area contributed by atoms with Crippen LogP contribution in [0.1, 0.15) is 24.0 Å². The number of aliphatic hydroxyl groups is 1. The van der Waals surface area contributed by atoms with E-state index in [4.69, 9.17) is 0 Å². The van der Waals surface area contributed by atoms with E-state index in [0.29, 0.717) is 12.6 Å². The minimum absolute atomic E-state index is 0.000161. The highest BCUT2D eigenvalue weighted by atomic mass is 32.2. The fraction of sp³-hybridized carbons (Fsp3) is 0.571. The maximum Gasteiger partial charge on any atom is 0.157 e. The van der Waals surface area contributed by atoms with E-state index in [2.05, 4.69) is 5.32 Å². The first kappa shape index (κ1) is 14.5. The molecule has 0 radical (unpaired) electrons. The Kier molecular flexibility index (Phi) is 4.60. The molecule has 4 nitrogen and oxygen atoms in total. The Morgan fingerprint density at radius 1 is 1.37 bits per heavy atom. The average Bonchev–Trinajstić information content (AvgIpc) is 3.12. The summed E-state index contributed by atoms with van der Waals surface area (Å²) in [5.41, 5.74) is 1.78. The lowest BCUT2D eigenvalue weighted by Gasteiger charge is -2.13. The van der Waals surface area contributed by atoms with Crippen molar-refractivity contribution in [3.8, 4) is 0 Å². The van der Waals surface area contributed by atoms with Gasteiger partial charge in [-0.1, -0.05) is 24.3 Å². The van der Waals surface area contributed by atoms with Crippen molar-refractivity contribution in [1.82, 2.24) is 5.32 Å². The number of sulfone groups is 1. The summed E-state index contributed by atoms with van der Waals surface area (Å²) in [6.45, 7) is 2.26. The number of hydrogen-bond acceptors (Lipinski definition) is 4. The number of benzene rings is 1. The van der Waals surface area contributed by atoms with Crippen LogP contribution in [0, 0.1) is 6.92 Å². The van der Waals surface area contributed by atoms with Crippen LogP contribution < -0.4 is 5.32 Å².